The van der Waals surface area contributed by atoms with Crippen molar-refractivity contribution < 1.29 is 37.4 Å². The number of carbonyl (C=O) groups excluding carboxylic acids is 2. The highest BCUT2D eigenvalue weighted by Gasteiger charge is 2.45. The van der Waals surface area contributed by atoms with Gasteiger partial charge in [-0.3, -0.25) is 4.79 Å². The Morgan fingerprint density at radius 2 is 1.71 bits per heavy atom. The van der Waals surface area contributed by atoms with Crippen LogP contribution in [0.4, 0.5) is 0 Å². The SMILES string of the molecule is CCOc1cc(C(=O)OCC(=O)N2N=C3C(=Cc4ccco4)CCCC3C2c2ccco2)cc(OCC)c1OCC. The molecule has 1 aromatic carbocycles. The van der Waals surface area contributed by atoms with Crippen LogP contribution in [0.25, 0.3) is 6.08 Å². The van der Waals surface area contributed by atoms with Gasteiger partial charge in [0.1, 0.15) is 17.6 Å². The summed E-state index contributed by atoms with van der Waals surface area (Å²) in [6.07, 6.45) is 7.77. The number of esters is 1. The second-order valence-corrected chi connectivity index (χ2v) is 9.54. The fraction of sp³-hybridized carbons (Fsp3) is 0.387. The molecule has 3 aromatic rings. The molecule has 0 radical (unpaired) electrons. The van der Waals surface area contributed by atoms with E-state index >= 15 is 0 Å². The van der Waals surface area contributed by atoms with Crippen molar-refractivity contribution in [3.63, 3.8) is 0 Å². The number of hydrogen-bond acceptors (Lipinski definition) is 9. The summed E-state index contributed by atoms with van der Waals surface area (Å²) >= 11 is 0. The summed E-state index contributed by atoms with van der Waals surface area (Å²) in [5.41, 5.74) is 2.02. The van der Waals surface area contributed by atoms with Crippen LogP contribution in [0.15, 0.2) is 68.4 Å². The van der Waals surface area contributed by atoms with Crippen molar-refractivity contribution >= 4 is 23.7 Å². The van der Waals surface area contributed by atoms with Crippen LogP contribution in [0.1, 0.15) is 68.0 Å². The van der Waals surface area contributed by atoms with E-state index in [-0.39, 0.29) is 11.5 Å². The molecule has 2 atom stereocenters. The minimum absolute atomic E-state index is 0.0515. The van der Waals surface area contributed by atoms with E-state index in [2.05, 4.69) is 0 Å². The lowest BCUT2D eigenvalue weighted by atomic mass is 9.79. The molecule has 2 aliphatic rings. The van der Waals surface area contributed by atoms with Gasteiger partial charge in [-0.1, -0.05) is 0 Å². The lowest BCUT2D eigenvalue weighted by molar-refractivity contribution is -0.137. The van der Waals surface area contributed by atoms with Gasteiger partial charge < -0.3 is 27.8 Å². The molecule has 0 bridgehead atoms. The average molecular weight is 563 g/mol. The zero-order chi connectivity index (χ0) is 28.8. The molecule has 1 fully saturated rings. The number of hydrazone groups is 1. The molecule has 0 spiro atoms. The Kier molecular flexibility index (Phi) is 8.76. The summed E-state index contributed by atoms with van der Waals surface area (Å²) in [5, 5.41) is 6.14. The molecule has 10 nitrogen and oxygen atoms in total. The third kappa shape index (κ3) is 6.01. The number of hydrogen-bond donors (Lipinski definition) is 0. The summed E-state index contributed by atoms with van der Waals surface area (Å²) in [6.45, 7) is 6.14. The van der Waals surface area contributed by atoms with Gasteiger partial charge in [-0.2, -0.15) is 5.10 Å². The maximum Gasteiger partial charge on any atom is 0.338 e. The Morgan fingerprint density at radius 1 is 1.00 bits per heavy atom. The minimum atomic E-state index is -0.694. The van der Waals surface area contributed by atoms with Crippen molar-refractivity contribution in [3.05, 3.63) is 71.6 Å². The third-order valence-electron chi connectivity index (χ3n) is 6.92. The average Bonchev–Trinajstić information content (AvgIpc) is 3.75. The molecule has 0 N–H and O–H groups in total. The number of amides is 1. The zero-order valence-corrected chi connectivity index (χ0v) is 23.5. The van der Waals surface area contributed by atoms with Gasteiger partial charge in [0.25, 0.3) is 5.91 Å². The molecule has 5 rings (SSSR count). The van der Waals surface area contributed by atoms with Gasteiger partial charge in [0.15, 0.2) is 18.1 Å². The predicted molar refractivity (Wildman–Crippen MR) is 150 cm³/mol. The van der Waals surface area contributed by atoms with E-state index in [9.17, 15) is 9.59 Å². The van der Waals surface area contributed by atoms with Gasteiger partial charge in [-0.15, -0.1) is 0 Å². The Bertz CT molecular complexity index is 1380. The zero-order valence-electron chi connectivity index (χ0n) is 23.5. The molecule has 2 unspecified atom stereocenters. The normalized spacial score (nSPS) is 19.0. The first-order valence-electron chi connectivity index (χ1n) is 14.0. The fourth-order valence-corrected chi connectivity index (χ4v) is 5.27. The minimum Gasteiger partial charge on any atom is -0.490 e. The van der Waals surface area contributed by atoms with Crippen LogP contribution in [-0.4, -0.2) is 49.0 Å². The molecular formula is C31H34N2O8. The summed E-state index contributed by atoms with van der Waals surface area (Å²) in [5.74, 6) is 1.29. The molecule has 216 valence electrons. The first-order chi connectivity index (χ1) is 20.0. The maximum atomic E-state index is 13.5. The first kappa shape index (κ1) is 28.1. The number of allylic oxidation sites excluding steroid dienone is 1. The van der Waals surface area contributed by atoms with Crippen molar-refractivity contribution in [1.29, 1.82) is 0 Å². The largest absolute Gasteiger partial charge is 0.490 e. The second-order valence-electron chi connectivity index (χ2n) is 9.54. The van der Waals surface area contributed by atoms with E-state index in [1.165, 1.54) is 17.1 Å². The summed E-state index contributed by atoms with van der Waals surface area (Å²) < 4.78 is 33.9. The third-order valence-corrected chi connectivity index (χ3v) is 6.92. The molecule has 1 aliphatic heterocycles. The number of furan rings is 2. The van der Waals surface area contributed by atoms with E-state index in [1.807, 2.05) is 45.0 Å². The molecule has 41 heavy (non-hydrogen) atoms. The highest BCUT2D eigenvalue weighted by Crippen LogP contribution is 2.44. The van der Waals surface area contributed by atoms with E-state index < -0.39 is 24.5 Å². The van der Waals surface area contributed by atoms with Crippen LogP contribution in [0.5, 0.6) is 17.2 Å². The smallest absolute Gasteiger partial charge is 0.338 e. The molecule has 3 heterocycles. The number of ether oxygens (including phenoxy) is 4. The summed E-state index contributed by atoms with van der Waals surface area (Å²) in [6, 6.07) is 9.97. The highest BCUT2D eigenvalue weighted by molar-refractivity contribution is 6.08. The quantitative estimate of drug-likeness (QED) is 0.260. The Balaban J connectivity index is 1.38. The van der Waals surface area contributed by atoms with Crippen molar-refractivity contribution in [2.75, 3.05) is 26.4 Å². The van der Waals surface area contributed by atoms with E-state index in [4.69, 9.17) is 32.9 Å². The van der Waals surface area contributed by atoms with Crippen molar-refractivity contribution in [2.45, 2.75) is 46.1 Å². The number of carbonyl (C=O) groups is 2. The van der Waals surface area contributed by atoms with Gasteiger partial charge in [0.2, 0.25) is 5.75 Å². The molecule has 1 aliphatic carbocycles. The standard InChI is InChI=1S/C31H34N2O8/c1-4-36-25-17-21(18-26(37-5-2)30(25)38-6-3)31(35)41-19-27(34)33-29(24-13-9-15-40-24)23-12-7-10-20(28(23)32-33)16-22-11-8-14-39-22/h8-9,11,13-18,23,29H,4-7,10,12,19H2,1-3H3. The lowest BCUT2D eigenvalue weighted by Crippen LogP contribution is -2.34. The summed E-state index contributed by atoms with van der Waals surface area (Å²) in [7, 11) is 0. The molecular weight excluding hydrogens is 528 g/mol. The fourth-order valence-electron chi connectivity index (χ4n) is 5.27. The van der Waals surface area contributed by atoms with Crippen LogP contribution >= 0.6 is 0 Å². The number of fused-ring (bicyclic) bond motifs is 1. The van der Waals surface area contributed by atoms with Crippen molar-refractivity contribution in [3.8, 4) is 17.2 Å². The molecule has 2 aromatic heterocycles. The Morgan fingerprint density at radius 3 is 2.34 bits per heavy atom. The number of rotatable bonds is 11. The van der Waals surface area contributed by atoms with Crippen molar-refractivity contribution in [2.24, 2.45) is 11.0 Å². The van der Waals surface area contributed by atoms with Gasteiger partial charge in [0, 0.05) is 5.92 Å². The molecule has 1 saturated carbocycles. The molecule has 10 heteroatoms. The Hall–Kier alpha value is -4.47. The van der Waals surface area contributed by atoms with E-state index in [0.717, 1.165) is 36.3 Å². The number of benzene rings is 1. The van der Waals surface area contributed by atoms with Gasteiger partial charge >= 0.3 is 5.97 Å². The van der Waals surface area contributed by atoms with Gasteiger partial charge in [-0.25, -0.2) is 9.80 Å². The first-order valence-corrected chi connectivity index (χ1v) is 14.0. The van der Waals surface area contributed by atoms with Gasteiger partial charge in [0.05, 0.1) is 43.6 Å². The van der Waals surface area contributed by atoms with Crippen LogP contribution in [-0.2, 0) is 9.53 Å². The van der Waals surface area contributed by atoms with Crippen LogP contribution < -0.4 is 14.2 Å². The molecule has 0 saturated heterocycles. The highest BCUT2D eigenvalue weighted by atomic mass is 16.5. The molecule has 1 amide bonds. The predicted octanol–water partition coefficient (Wildman–Crippen LogP) is 6.05. The monoisotopic (exact) mass is 562 g/mol. The second kappa shape index (κ2) is 12.8. The van der Waals surface area contributed by atoms with Gasteiger partial charge in [-0.05, 0) is 88.1 Å². The maximum absolute atomic E-state index is 13.5. The Labute approximate surface area is 238 Å². The summed E-state index contributed by atoms with van der Waals surface area (Å²) in [4.78, 5) is 26.6. The van der Waals surface area contributed by atoms with Crippen LogP contribution in [0, 0.1) is 5.92 Å². The van der Waals surface area contributed by atoms with Crippen LogP contribution in [0.2, 0.25) is 0 Å². The van der Waals surface area contributed by atoms with Crippen molar-refractivity contribution in [1.82, 2.24) is 5.01 Å². The van der Waals surface area contributed by atoms with Crippen LogP contribution in [0.3, 0.4) is 0 Å². The number of nitrogens with zero attached hydrogens (tertiary/aromatic N) is 2. The van der Waals surface area contributed by atoms with E-state index in [1.54, 1.807) is 18.6 Å². The lowest BCUT2D eigenvalue weighted by Gasteiger charge is -2.27. The topological polar surface area (TPSA) is 113 Å². The van der Waals surface area contributed by atoms with E-state index in [0.29, 0.717) is 42.8 Å².